The molecule has 17 heavy (non-hydrogen) atoms. The van der Waals surface area contributed by atoms with Crippen molar-refractivity contribution in [2.45, 2.75) is 6.04 Å². The van der Waals surface area contributed by atoms with Crippen LogP contribution in [-0.2, 0) is 0 Å². The van der Waals surface area contributed by atoms with Gasteiger partial charge in [0.25, 0.3) is 0 Å². The highest BCUT2D eigenvalue weighted by Gasteiger charge is 2.22. The van der Waals surface area contributed by atoms with Gasteiger partial charge in [0, 0.05) is 31.8 Å². The number of aromatic hydroxyl groups is 1. The predicted octanol–water partition coefficient (Wildman–Crippen LogP) is 0.643. The van der Waals surface area contributed by atoms with E-state index < -0.39 is 0 Å². The van der Waals surface area contributed by atoms with Gasteiger partial charge in [-0.05, 0) is 0 Å². The summed E-state index contributed by atoms with van der Waals surface area (Å²) in [5, 5.41) is 16.7. The van der Waals surface area contributed by atoms with Crippen LogP contribution in [0, 0.1) is 0 Å². The summed E-state index contributed by atoms with van der Waals surface area (Å²) in [4.78, 5) is 0. The number of benzene rings is 1. The SMILES string of the molecule is COc1cc(O)c([C@H]2CNCCN2)c(OC)c1. The minimum absolute atomic E-state index is 0.0598. The van der Waals surface area contributed by atoms with Crippen LogP contribution in [0.15, 0.2) is 12.1 Å². The molecule has 1 saturated heterocycles. The average Bonchev–Trinajstić information content (AvgIpc) is 2.38. The van der Waals surface area contributed by atoms with Crippen LogP contribution >= 0.6 is 0 Å². The normalized spacial score (nSPS) is 20.0. The third kappa shape index (κ3) is 2.45. The van der Waals surface area contributed by atoms with E-state index >= 15 is 0 Å². The molecule has 1 aromatic carbocycles. The van der Waals surface area contributed by atoms with E-state index in [-0.39, 0.29) is 11.8 Å². The van der Waals surface area contributed by atoms with Gasteiger partial charge in [-0.1, -0.05) is 0 Å². The number of rotatable bonds is 3. The summed E-state index contributed by atoms with van der Waals surface area (Å²) in [6, 6.07) is 3.45. The maximum atomic E-state index is 10.1. The third-order valence-corrected chi connectivity index (χ3v) is 2.94. The summed E-state index contributed by atoms with van der Waals surface area (Å²) >= 11 is 0. The number of hydrogen-bond acceptors (Lipinski definition) is 5. The number of ether oxygens (including phenoxy) is 2. The van der Waals surface area contributed by atoms with Crippen LogP contribution < -0.4 is 20.1 Å². The maximum Gasteiger partial charge on any atom is 0.131 e. The summed E-state index contributed by atoms with van der Waals surface area (Å²) in [7, 11) is 3.16. The fourth-order valence-corrected chi connectivity index (χ4v) is 2.08. The van der Waals surface area contributed by atoms with Crippen LogP contribution in [0.3, 0.4) is 0 Å². The predicted molar refractivity (Wildman–Crippen MR) is 64.8 cm³/mol. The van der Waals surface area contributed by atoms with Crippen molar-refractivity contribution in [3.8, 4) is 17.2 Å². The van der Waals surface area contributed by atoms with Crippen LogP contribution in [0.4, 0.5) is 0 Å². The highest BCUT2D eigenvalue weighted by molar-refractivity contribution is 5.51. The van der Waals surface area contributed by atoms with Gasteiger partial charge in [-0.15, -0.1) is 0 Å². The van der Waals surface area contributed by atoms with Gasteiger partial charge in [0.1, 0.15) is 17.2 Å². The lowest BCUT2D eigenvalue weighted by atomic mass is 10.0. The Kier molecular flexibility index (Phi) is 3.71. The van der Waals surface area contributed by atoms with Crippen LogP contribution in [0.5, 0.6) is 17.2 Å². The van der Waals surface area contributed by atoms with E-state index in [1.54, 1.807) is 26.4 Å². The summed E-state index contributed by atoms with van der Waals surface area (Å²) in [5.41, 5.74) is 0.778. The minimum Gasteiger partial charge on any atom is -0.507 e. The molecule has 1 fully saturated rings. The fourth-order valence-electron chi connectivity index (χ4n) is 2.08. The first-order chi connectivity index (χ1) is 8.26. The van der Waals surface area contributed by atoms with Gasteiger partial charge in [0.05, 0.1) is 25.8 Å². The van der Waals surface area contributed by atoms with Crippen molar-refractivity contribution < 1.29 is 14.6 Å². The minimum atomic E-state index is 0.0598. The molecular formula is C12H18N2O3. The summed E-state index contributed by atoms with van der Waals surface area (Å²) < 4.78 is 10.4. The zero-order chi connectivity index (χ0) is 12.3. The van der Waals surface area contributed by atoms with Gasteiger partial charge >= 0.3 is 0 Å². The van der Waals surface area contributed by atoms with E-state index in [1.807, 2.05) is 0 Å². The quantitative estimate of drug-likeness (QED) is 0.721. The van der Waals surface area contributed by atoms with Gasteiger partial charge < -0.3 is 25.2 Å². The second kappa shape index (κ2) is 5.25. The van der Waals surface area contributed by atoms with Gasteiger partial charge in [-0.2, -0.15) is 0 Å². The molecule has 0 aromatic heterocycles. The molecule has 0 bridgehead atoms. The highest BCUT2D eigenvalue weighted by Crippen LogP contribution is 2.37. The van der Waals surface area contributed by atoms with Crippen molar-refractivity contribution in [2.24, 2.45) is 0 Å². The lowest BCUT2D eigenvalue weighted by Crippen LogP contribution is -2.42. The molecular weight excluding hydrogens is 220 g/mol. The molecule has 0 amide bonds. The molecule has 1 heterocycles. The molecule has 1 atom stereocenters. The van der Waals surface area contributed by atoms with Crippen molar-refractivity contribution in [2.75, 3.05) is 33.9 Å². The molecule has 5 nitrogen and oxygen atoms in total. The number of piperazine rings is 1. The summed E-state index contributed by atoms with van der Waals surface area (Å²) in [6.07, 6.45) is 0. The van der Waals surface area contributed by atoms with Crippen LogP contribution in [0.2, 0.25) is 0 Å². The van der Waals surface area contributed by atoms with E-state index in [0.29, 0.717) is 11.5 Å². The lowest BCUT2D eigenvalue weighted by Gasteiger charge is -2.27. The Labute approximate surface area is 101 Å². The first kappa shape index (κ1) is 12.0. The summed E-state index contributed by atoms with van der Waals surface area (Å²) in [5.74, 6) is 1.43. The fraction of sp³-hybridized carbons (Fsp3) is 0.500. The third-order valence-electron chi connectivity index (χ3n) is 2.94. The smallest absolute Gasteiger partial charge is 0.131 e. The molecule has 0 saturated carbocycles. The molecule has 0 radical (unpaired) electrons. The standard InChI is InChI=1S/C12H18N2O3/c1-16-8-5-10(15)12(11(6-8)17-2)9-7-13-3-4-14-9/h5-6,9,13-15H,3-4,7H2,1-2H3/t9-/m1/s1. The average molecular weight is 238 g/mol. The largest absolute Gasteiger partial charge is 0.507 e. The molecule has 94 valence electrons. The Morgan fingerprint density at radius 2 is 2.06 bits per heavy atom. The van der Waals surface area contributed by atoms with E-state index in [0.717, 1.165) is 25.2 Å². The second-order valence-electron chi connectivity index (χ2n) is 3.97. The van der Waals surface area contributed by atoms with Crippen molar-refractivity contribution >= 4 is 0 Å². The number of phenols is 1. The number of hydrogen-bond donors (Lipinski definition) is 3. The molecule has 3 N–H and O–H groups in total. The first-order valence-electron chi connectivity index (χ1n) is 5.65. The van der Waals surface area contributed by atoms with Crippen LogP contribution in [0.25, 0.3) is 0 Å². The van der Waals surface area contributed by atoms with Gasteiger partial charge in [-0.3, -0.25) is 0 Å². The molecule has 5 heteroatoms. The number of phenolic OH excluding ortho intramolecular Hbond substituents is 1. The van der Waals surface area contributed by atoms with E-state index in [1.165, 1.54) is 0 Å². The van der Waals surface area contributed by atoms with E-state index in [2.05, 4.69) is 10.6 Å². The van der Waals surface area contributed by atoms with Crippen molar-refractivity contribution in [3.05, 3.63) is 17.7 Å². The van der Waals surface area contributed by atoms with Gasteiger partial charge in [0.15, 0.2) is 0 Å². The molecule has 1 aliphatic rings. The van der Waals surface area contributed by atoms with Crippen molar-refractivity contribution in [3.63, 3.8) is 0 Å². The van der Waals surface area contributed by atoms with Crippen molar-refractivity contribution in [1.82, 2.24) is 10.6 Å². The summed E-state index contributed by atoms with van der Waals surface area (Å²) in [6.45, 7) is 2.59. The Hall–Kier alpha value is -1.46. The number of methoxy groups -OCH3 is 2. The maximum absolute atomic E-state index is 10.1. The molecule has 0 spiro atoms. The molecule has 2 rings (SSSR count). The van der Waals surface area contributed by atoms with Gasteiger partial charge in [-0.25, -0.2) is 0 Å². The highest BCUT2D eigenvalue weighted by atomic mass is 16.5. The Balaban J connectivity index is 2.36. The zero-order valence-electron chi connectivity index (χ0n) is 10.1. The van der Waals surface area contributed by atoms with Crippen LogP contribution in [-0.4, -0.2) is 39.0 Å². The number of nitrogens with one attached hydrogen (secondary N) is 2. The molecule has 0 aliphatic carbocycles. The van der Waals surface area contributed by atoms with Crippen LogP contribution in [0.1, 0.15) is 11.6 Å². The lowest BCUT2D eigenvalue weighted by molar-refractivity contribution is 0.356. The topological polar surface area (TPSA) is 62.8 Å². The van der Waals surface area contributed by atoms with E-state index in [4.69, 9.17) is 9.47 Å². The van der Waals surface area contributed by atoms with Crippen molar-refractivity contribution in [1.29, 1.82) is 0 Å². The van der Waals surface area contributed by atoms with Gasteiger partial charge in [0.2, 0.25) is 0 Å². The second-order valence-corrected chi connectivity index (χ2v) is 3.97. The Morgan fingerprint density at radius 3 is 2.65 bits per heavy atom. The Morgan fingerprint density at radius 1 is 1.24 bits per heavy atom. The van der Waals surface area contributed by atoms with E-state index in [9.17, 15) is 5.11 Å². The molecule has 0 unspecified atom stereocenters. The monoisotopic (exact) mass is 238 g/mol. The molecule has 1 aliphatic heterocycles. The zero-order valence-corrected chi connectivity index (χ0v) is 10.1. The Bertz CT molecular complexity index is 390. The first-order valence-corrected chi connectivity index (χ1v) is 5.65. The molecule has 1 aromatic rings.